The topological polar surface area (TPSA) is 67.4 Å². The van der Waals surface area contributed by atoms with E-state index in [1.165, 1.54) is 11.3 Å². The molecule has 1 heterocycles. The molecule has 0 bridgehead atoms. The van der Waals surface area contributed by atoms with Gasteiger partial charge in [-0.25, -0.2) is 4.79 Å². The second kappa shape index (κ2) is 7.24. The van der Waals surface area contributed by atoms with Crippen LogP contribution in [-0.2, 0) is 4.74 Å². The van der Waals surface area contributed by atoms with Crippen LogP contribution in [0, 0.1) is 0 Å². The Morgan fingerprint density at radius 1 is 1.10 bits per heavy atom. The van der Waals surface area contributed by atoms with Crippen LogP contribution in [0.2, 0.25) is 0 Å². The molecule has 0 aliphatic carbocycles. The van der Waals surface area contributed by atoms with Crippen molar-refractivity contribution in [1.29, 1.82) is 0 Å². The third-order valence-electron chi connectivity index (χ3n) is 2.46. The first-order valence-corrected chi connectivity index (χ1v) is 7.80. The summed E-state index contributed by atoms with van der Waals surface area (Å²) in [5.74, 6) is -0.170. The van der Waals surface area contributed by atoms with Gasteiger partial charge in [0.25, 0.3) is 5.91 Å². The SMILES string of the molecule is CCOC(=O)Nc1ccc(NC(=O)c2ccc(Br)s2)cc1. The number of hydrogen-bond donors (Lipinski definition) is 2. The number of hydrogen-bond acceptors (Lipinski definition) is 4. The summed E-state index contributed by atoms with van der Waals surface area (Å²) in [7, 11) is 0. The summed E-state index contributed by atoms with van der Waals surface area (Å²) in [6, 6.07) is 10.4. The number of ether oxygens (including phenoxy) is 1. The number of thiophene rings is 1. The molecule has 0 aliphatic heterocycles. The average Bonchev–Trinajstić information content (AvgIpc) is 2.88. The highest BCUT2D eigenvalue weighted by molar-refractivity contribution is 9.11. The zero-order chi connectivity index (χ0) is 15.2. The van der Waals surface area contributed by atoms with Crippen molar-refractivity contribution in [2.45, 2.75) is 6.92 Å². The van der Waals surface area contributed by atoms with Gasteiger partial charge in [0.05, 0.1) is 15.3 Å². The average molecular weight is 369 g/mol. The molecule has 0 saturated heterocycles. The van der Waals surface area contributed by atoms with Crippen LogP contribution in [0.15, 0.2) is 40.2 Å². The molecule has 21 heavy (non-hydrogen) atoms. The molecular weight excluding hydrogens is 356 g/mol. The summed E-state index contributed by atoms with van der Waals surface area (Å²) in [4.78, 5) is 23.8. The third kappa shape index (κ3) is 4.57. The van der Waals surface area contributed by atoms with Gasteiger partial charge in [0.15, 0.2) is 0 Å². The van der Waals surface area contributed by atoms with Crippen LogP contribution >= 0.6 is 27.3 Å². The van der Waals surface area contributed by atoms with Crippen LogP contribution in [0.5, 0.6) is 0 Å². The molecule has 0 atom stereocenters. The van der Waals surface area contributed by atoms with Crippen molar-refractivity contribution in [3.63, 3.8) is 0 Å². The first kappa shape index (κ1) is 15.5. The quantitative estimate of drug-likeness (QED) is 0.843. The van der Waals surface area contributed by atoms with Gasteiger partial charge in [-0.05, 0) is 59.3 Å². The number of amides is 2. The lowest BCUT2D eigenvalue weighted by molar-refractivity contribution is 0.103. The normalized spacial score (nSPS) is 10.0. The Labute approximate surface area is 134 Å². The van der Waals surface area contributed by atoms with Crippen molar-refractivity contribution in [2.24, 2.45) is 0 Å². The summed E-state index contributed by atoms with van der Waals surface area (Å²) in [6.07, 6.45) is -0.502. The molecule has 0 aliphatic rings. The van der Waals surface area contributed by atoms with Crippen molar-refractivity contribution in [3.05, 3.63) is 45.1 Å². The lowest BCUT2D eigenvalue weighted by atomic mass is 10.2. The molecule has 2 N–H and O–H groups in total. The largest absolute Gasteiger partial charge is 0.450 e. The number of carbonyl (C=O) groups excluding carboxylic acids is 2. The van der Waals surface area contributed by atoms with Crippen molar-refractivity contribution in [2.75, 3.05) is 17.2 Å². The molecule has 1 aromatic heterocycles. The lowest BCUT2D eigenvalue weighted by Gasteiger charge is -2.07. The van der Waals surface area contributed by atoms with Crippen LogP contribution in [0.1, 0.15) is 16.6 Å². The standard InChI is InChI=1S/C14H13BrN2O3S/c1-2-20-14(19)17-10-5-3-9(4-6-10)16-13(18)11-7-8-12(15)21-11/h3-8H,2H2,1H3,(H,16,18)(H,17,19). The highest BCUT2D eigenvalue weighted by Crippen LogP contribution is 2.23. The first-order valence-electron chi connectivity index (χ1n) is 6.19. The molecule has 5 nitrogen and oxygen atoms in total. The van der Waals surface area contributed by atoms with Gasteiger partial charge in [-0.3, -0.25) is 10.1 Å². The maximum atomic E-state index is 12.0. The summed E-state index contributed by atoms with van der Waals surface area (Å²) in [6.45, 7) is 2.05. The fraction of sp³-hybridized carbons (Fsp3) is 0.143. The zero-order valence-electron chi connectivity index (χ0n) is 11.2. The number of rotatable bonds is 4. The summed E-state index contributed by atoms with van der Waals surface area (Å²) >= 11 is 4.68. The van der Waals surface area contributed by atoms with E-state index in [1.807, 2.05) is 6.07 Å². The van der Waals surface area contributed by atoms with Gasteiger partial charge in [0.2, 0.25) is 0 Å². The first-order chi connectivity index (χ1) is 10.1. The van der Waals surface area contributed by atoms with Crippen LogP contribution in [-0.4, -0.2) is 18.6 Å². The number of anilines is 2. The molecule has 0 spiro atoms. The molecule has 0 unspecified atom stereocenters. The van der Waals surface area contributed by atoms with Crippen LogP contribution in [0.25, 0.3) is 0 Å². The molecule has 0 radical (unpaired) electrons. The van der Waals surface area contributed by atoms with E-state index in [0.29, 0.717) is 22.9 Å². The highest BCUT2D eigenvalue weighted by Gasteiger charge is 2.09. The Hall–Kier alpha value is -1.86. The molecular formula is C14H13BrN2O3S. The molecule has 2 amide bonds. The van der Waals surface area contributed by atoms with Crippen molar-refractivity contribution in [3.8, 4) is 0 Å². The molecule has 0 saturated carbocycles. The molecule has 110 valence electrons. The number of halogens is 1. The van der Waals surface area contributed by atoms with E-state index in [1.54, 1.807) is 37.3 Å². The Bertz CT molecular complexity index is 640. The van der Waals surface area contributed by atoms with E-state index >= 15 is 0 Å². The molecule has 2 aromatic rings. The van der Waals surface area contributed by atoms with E-state index in [4.69, 9.17) is 4.74 Å². The smallest absolute Gasteiger partial charge is 0.411 e. The summed E-state index contributed by atoms with van der Waals surface area (Å²) in [5.41, 5.74) is 1.25. The van der Waals surface area contributed by atoms with Gasteiger partial charge in [-0.15, -0.1) is 11.3 Å². The summed E-state index contributed by atoms with van der Waals surface area (Å²) < 4.78 is 5.68. The van der Waals surface area contributed by atoms with Gasteiger partial charge < -0.3 is 10.1 Å². The van der Waals surface area contributed by atoms with E-state index < -0.39 is 6.09 Å². The Kier molecular flexibility index (Phi) is 5.35. The predicted molar refractivity (Wildman–Crippen MR) is 87.1 cm³/mol. The van der Waals surface area contributed by atoms with Gasteiger partial charge in [0, 0.05) is 11.4 Å². The van der Waals surface area contributed by atoms with E-state index in [2.05, 4.69) is 26.6 Å². The Morgan fingerprint density at radius 3 is 2.24 bits per heavy atom. The summed E-state index contributed by atoms with van der Waals surface area (Å²) in [5, 5.41) is 5.36. The predicted octanol–water partition coefficient (Wildman–Crippen LogP) is 4.33. The van der Waals surface area contributed by atoms with Gasteiger partial charge in [-0.1, -0.05) is 0 Å². The second-order valence-electron chi connectivity index (χ2n) is 3.98. The number of carbonyl (C=O) groups is 2. The lowest BCUT2D eigenvalue weighted by Crippen LogP contribution is -2.13. The number of nitrogens with one attached hydrogen (secondary N) is 2. The Balaban J connectivity index is 1.96. The molecule has 7 heteroatoms. The monoisotopic (exact) mass is 368 g/mol. The van der Waals surface area contributed by atoms with Crippen molar-refractivity contribution >= 4 is 50.6 Å². The molecule has 0 fully saturated rings. The van der Waals surface area contributed by atoms with Crippen LogP contribution in [0.4, 0.5) is 16.2 Å². The fourth-order valence-corrected chi connectivity index (χ4v) is 2.83. The maximum absolute atomic E-state index is 12.0. The van der Waals surface area contributed by atoms with Gasteiger partial charge in [-0.2, -0.15) is 0 Å². The van der Waals surface area contributed by atoms with Crippen LogP contribution in [0.3, 0.4) is 0 Å². The Morgan fingerprint density at radius 2 is 1.71 bits per heavy atom. The van der Waals surface area contributed by atoms with E-state index in [9.17, 15) is 9.59 Å². The second-order valence-corrected chi connectivity index (χ2v) is 6.44. The number of benzene rings is 1. The van der Waals surface area contributed by atoms with E-state index in [0.717, 1.165) is 3.79 Å². The minimum absolute atomic E-state index is 0.170. The highest BCUT2D eigenvalue weighted by atomic mass is 79.9. The van der Waals surface area contributed by atoms with E-state index in [-0.39, 0.29) is 5.91 Å². The van der Waals surface area contributed by atoms with Crippen molar-refractivity contribution < 1.29 is 14.3 Å². The minimum Gasteiger partial charge on any atom is -0.450 e. The minimum atomic E-state index is -0.502. The zero-order valence-corrected chi connectivity index (χ0v) is 13.6. The van der Waals surface area contributed by atoms with Crippen LogP contribution < -0.4 is 10.6 Å². The molecule has 1 aromatic carbocycles. The van der Waals surface area contributed by atoms with Gasteiger partial charge >= 0.3 is 6.09 Å². The fourth-order valence-electron chi connectivity index (χ4n) is 1.55. The maximum Gasteiger partial charge on any atom is 0.411 e. The van der Waals surface area contributed by atoms with Gasteiger partial charge in [0.1, 0.15) is 0 Å². The molecule has 2 rings (SSSR count). The van der Waals surface area contributed by atoms with Crippen molar-refractivity contribution in [1.82, 2.24) is 0 Å². The third-order valence-corrected chi connectivity index (χ3v) is 4.08.